The third-order valence-corrected chi connectivity index (χ3v) is 5.27. The van der Waals surface area contributed by atoms with Crippen LogP contribution in [0.5, 0.6) is 0 Å². The van der Waals surface area contributed by atoms with Crippen molar-refractivity contribution < 1.29 is 8.42 Å². The molecule has 0 fully saturated rings. The van der Waals surface area contributed by atoms with Crippen LogP contribution in [0.3, 0.4) is 0 Å². The molecule has 0 aliphatic heterocycles. The average Bonchev–Trinajstić information content (AvgIpc) is 2.67. The highest BCUT2D eigenvalue weighted by atomic mass is 32.2. The fraction of sp³-hybridized carbons (Fsp3) is 0.667. The number of sulfonamides is 1. The van der Waals surface area contributed by atoms with Gasteiger partial charge >= 0.3 is 0 Å². The van der Waals surface area contributed by atoms with Gasteiger partial charge in [-0.1, -0.05) is 20.8 Å². The van der Waals surface area contributed by atoms with E-state index in [-0.39, 0.29) is 11.7 Å². The first kappa shape index (κ1) is 14.7. The summed E-state index contributed by atoms with van der Waals surface area (Å²) in [6, 6.07) is 1.98. The normalized spacial score (nSPS) is 12.5. The Kier molecular flexibility index (Phi) is 5.62. The first-order chi connectivity index (χ1) is 7.95. The lowest BCUT2D eigenvalue weighted by Crippen LogP contribution is -2.34. The summed E-state index contributed by atoms with van der Waals surface area (Å²) < 4.78 is 26.0. The Balaban J connectivity index is 2.77. The number of rotatable bonds is 7. The number of nitrogens with zero attached hydrogens (tertiary/aromatic N) is 1. The molecule has 1 aromatic heterocycles. The van der Waals surface area contributed by atoms with Gasteiger partial charge in [-0.15, -0.1) is 0 Å². The van der Waals surface area contributed by atoms with E-state index in [0.29, 0.717) is 13.1 Å². The van der Waals surface area contributed by atoms with E-state index in [1.807, 2.05) is 37.6 Å². The van der Waals surface area contributed by atoms with Crippen molar-refractivity contribution in [1.82, 2.24) is 4.31 Å². The monoisotopic (exact) mass is 275 g/mol. The maximum atomic E-state index is 12.2. The van der Waals surface area contributed by atoms with Crippen molar-refractivity contribution in [2.45, 2.75) is 33.7 Å². The van der Waals surface area contributed by atoms with Gasteiger partial charge in [0.15, 0.2) is 0 Å². The van der Waals surface area contributed by atoms with Gasteiger partial charge in [0.2, 0.25) is 10.0 Å². The molecule has 0 unspecified atom stereocenters. The van der Waals surface area contributed by atoms with Crippen LogP contribution in [0.15, 0.2) is 16.8 Å². The third-order valence-electron chi connectivity index (χ3n) is 2.35. The molecule has 0 aliphatic rings. The standard InChI is InChI=1S/C12H21NO2S2/c1-4-6-13(8-12-5-7-16-9-12)17(14,15)10-11(2)3/h5,7,9,11H,4,6,8,10H2,1-3H3. The molecule has 17 heavy (non-hydrogen) atoms. The molecular weight excluding hydrogens is 254 g/mol. The molecule has 0 aromatic carbocycles. The molecule has 0 atom stereocenters. The van der Waals surface area contributed by atoms with Gasteiger partial charge in [0.05, 0.1) is 5.75 Å². The van der Waals surface area contributed by atoms with Crippen LogP contribution in [0.4, 0.5) is 0 Å². The third kappa shape index (κ3) is 4.77. The van der Waals surface area contributed by atoms with Crippen LogP contribution in [0.25, 0.3) is 0 Å². The predicted molar refractivity (Wildman–Crippen MR) is 73.6 cm³/mol. The second-order valence-electron chi connectivity index (χ2n) is 4.64. The van der Waals surface area contributed by atoms with E-state index in [9.17, 15) is 8.42 Å². The largest absolute Gasteiger partial charge is 0.214 e. The zero-order valence-electron chi connectivity index (χ0n) is 10.7. The summed E-state index contributed by atoms with van der Waals surface area (Å²) in [5.41, 5.74) is 1.08. The molecule has 1 rings (SSSR count). The Morgan fingerprint density at radius 1 is 1.41 bits per heavy atom. The summed E-state index contributed by atoms with van der Waals surface area (Å²) in [6.07, 6.45) is 0.849. The number of thiophene rings is 1. The Morgan fingerprint density at radius 2 is 2.12 bits per heavy atom. The van der Waals surface area contributed by atoms with Gasteiger partial charge in [0.1, 0.15) is 0 Å². The lowest BCUT2D eigenvalue weighted by atomic mass is 10.3. The molecule has 0 saturated heterocycles. The smallest absolute Gasteiger partial charge is 0.212 e. The van der Waals surface area contributed by atoms with Gasteiger partial charge in [-0.25, -0.2) is 8.42 Å². The highest BCUT2D eigenvalue weighted by Crippen LogP contribution is 2.15. The summed E-state index contributed by atoms with van der Waals surface area (Å²) in [7, 11) is -3.12. The SMILES string of the molecule is CCCN(Cc1ccsc1)S(=O)(=O)CC(C)C. The van der Waals surface area contributed by atoms with Crippen LogP contribution in [-0.4, -0.2) is 25.0 Å². The summed E-state index contributed by atoms with van der Waals surface area (Å²) in [4.78, 5) is 0. The fourth-order valence-corrected chi connectivity index (χ4v) is 4.20. The van der Waals surface area contributed by atoms with E-state index in [0.717, 1.165) is 12.0 Å². The summed E-state index contributed by atoms with van der Waals surface area (Å²) in [5.74, 6) is 0.402. The number of hydrogen-bond acceptors (Lipinski definition) is 3. The lowest BCUT2D eigenvalue weighted by molar-refractivity contribution is 0.402. The fourth-order valence-electron chi connectivity index (χ4n) is 1.68. The zero-order valence-corrected chi connectivity index (χ0v) is 12.4. The first-order valence-electron chi connectivity index (χ1n) is 5.94. The quantitative estimate of drug-likeness (QED) is 0.767. The molecule has 0 bridgehead atoms. The molecule has 0 amide bonds. The highest BCUT2D eigenvalue weighted by Gasteiger charge is 2.22. The Hall–Kier alpha value is -0.390. The minimum absolute atomic E-state index is 0.168. The van der Waals surface area contributed by atoms with Crippen LogP contribution in [0.1, 0.15) is 32.8 Å². The molecule has 0 N–H and O–H groups in total. The Bertz CT molecular complexity index is 410. The van der Waals surface area contributed by atoms with Gasteiger partial charge < -0.3 is 0 Å². The van der Waals surface area contributed by atoms with Crippen molar-refractivity contribution in [1.29, 1.82) is 0 Å². The average molecular weight is 275 g/mol. The van der Waals surface area contributed by atoms with Gasteiger partial charge in [-0.05, 0) is 34.7 Å². The molecule has 0 spiro atoms. The maximum absolute atomic E-state index is 12.2. The van der Waals surface area contributed by atoms with Gasteiger partial charge in [-0.3, -0.25) is 0 Å². The molecule has 3 nitrogen and oxygen atoms in total. The molecule has 1 aromatic rings. The van der Waals surface area contributed by atoms with Crippen molar-refractivity contribution in [3.63, 3.8) is 0 Å². The van der Waals surface area contributed by atoms with Crippen molar-refractivity contribution in [2.24, 2.45) is 5.92 Å². The first-order valence-corrected chi connectivity index (χ1v) is 8.49. The Labute approximate surface area is 109 Å². The number of hydrogen-bond donors (Lipinski definition) is 0. The summed E-state index contributed by atoms with van der Waals surface area (Å²) >= 11 is 1.60. The van der Waals surface area contributed by atoms with Crippen molar-refractivity contribution in [2.75, 3.05) is 12.3 Å². The van der Waals surface area contributed by atoms with Crippen molar-refractivity contribution >= 4 is 21.4 Å². The molecular formula is C12H21NO2S2. The van der Waals surface area contributed by atoms with Crippen LogP contribution in [0.2, 0.25) is 0 Å². The van der Waals surface area contributed by atoms with Crippen molar-refractivity contribution in [3.8, 4) is 0 Å². The van der Waals surface area contributed by atoms with Gasteiger partial charge in [0, 0.05) is 13.1 Å². The molecule has 0 radical (unpaired) electrons. The summed E-state index contributed by atoms with van der Waals surface area (Å²) in [5, 5.41) is 3.99. The van der Waals surface area contributed by atoms with Crippen LogP contribution in [-0.2, 0) is 16.6 Å². The van der Waals surface area contributed by atoms with Crippen LogP contribution < -0.4 is 0 Å². The minimum atomic E-state index is -3.12. The van der Waals surface area contributed by atoms with E-state index in [2.05, 4.69) is 0 Å². The Morgan fingerprint density at radius 3 is 2.59 bits per heavy atom. The molecule has 0 saturated carbocycles. The van der Waals surface area contributed by atoms with Crippen molar-refractivity contribution in [3.05, 3.63) is 22.4 Å². The predicted octanol–water partition coefficient (Wildman–Crippen LogP) is 2.95. The molecule has 5 heteroatoms. The molecule has 0 aliphatic carbocycles. The molecule has 1 heterocycles. The zero-order chi connectivity index (χ0) is 12.9. The van der Waals surface area contributed by atoms with Gasteiger partial charge in [-0.2, -0.15) is 15.6 Å². The van der Waals surface area contributed by atoms with E-state index < -0.39 is 10.0 Å². The lowest BCUT2D eigenvalue weighted by Gasteiger charge is -2.22. The highest BCUT2D eigenvalue weighted by molar-refractivity contribution is 7.89. The van der Waals surface area contributed by atoms with E-state index in [1.54, 1.807) is 15.6 Å². The topological polar surface area (TPSA) is 37.4 Å². The van der Waals surface area contributed by atoms with E-state index >= 15 is 0 Å². The molecule has 98 valence electrons. The van der Waals surface area contributed by atoms with E-state index in [1.165, 1.54) is 0 Å². The summed E-state index contributed by atoms with van der Waals surface area (Å²) in [6.45, 7) is 6.99. The van der Waals surface area contributed by atoms with Gasteiger partial charge in [0.25, 0.3) is 0 Å². The second-order valence-corrected chi connectivity index (χ2v) is 7.43. The minimum Gasteiger partial charge on any atom is -0.212 e. The van der Waals surface area contributed by atoms with E-state index in [4.69, 9.17) is 0 Å². The maximum Gasteiger partial charge on any atom is 0.214 e. The van der Waals surface area contributed by atoms with Crippen LogP contribution >= 0.6 is 11.3 Å². The van der Waals surface area contributed by atoms with Crippen LogP contribution in [0, 0.1) is 5.92 Å². The second kappa shape index (κ2) is 6.52.